The Morgan fingerprint density at radius 3 is 2.75 bits per heavy atom. The number of carboxylic acids is 1. The van der Waals surface area contributed by atoms with E-state index >= 15 is 0 Å². The van der Waals surface area contributed by atoms with Gasteiger partial charge in [0.15, 0.2) is 11.5 Å². The van der Waals surface area contributed by atoms with Crippen LogP contribution in [0.2, 0.25) is 0 Å². The third-order valence-corrected chi connectivity index (χ3v) is 4.15. The number of benzene rings is 1. The lowest BCUT2D eigenvalue weighted by Gasteiger charge is -2.20. The van der Waals surface area contributed by atoms with E-state index in [1.807, 2.05) is 17.5 Å². The van der Waals surface area contributed by atoms with Gasteiger partial charge in [0, 0.05) is 4.88 Å². The topological polar surface area (TPSA) is 55.8 Å². The molecule has 5 heteroatoms. The zero-order chi connectivity index (χ0) is 13.9. The van der Waals surface area contributed by atoms with Crippen LogP contribution in [0.4, 0.5) is 0 Å². The highest BCUT2D eigenvalue weighted by atomic mass is 32.1. The van der Waals surface area contributed by atoms with Crippen LogP contribution >= 0.6 is 11.3 Å². The third-order valence-electron chi connectivity index (χ3n) is 3.25. The summed E-state index contributed by atoms with van der Waals surface area (Å²) < 4.78 is 11.0. The number of aliphatic carboxylic acids is 1. The van der Waals surface area contributed by atoms with Gasteiger partial charge in [-0.1, -0.05) is 12.1 Å². The molecule has 0 radical (unpaired) electrons. The molecular weight excluding hydrogens is 276 g/mol. The van der Waals surface area contributed by atoms with Gasteiger partial charge in [-0.15, -0.1) is 11.3 Å². The lowest BCUT2D eigenvalue weighted by atomic mass is 9.94. The van der Waals surface area contributed by atoms with E-state index in [0.717, 1.165) is 10.4 Å². The van der Waals surface area contributed by atoms with Gasteiger partial charge in [0.2, 0.25) is 0 Å². The molecule has 1 aliphatic heterocycles. The first-order chi connectivity index (χ1) is 9.74. The lowest BCUT2D eigenvalue weighted by molar-refractivity contribution is -0.138. The molecule has 0 saturated carbocycles. The maximum Gasteiger partial charge on any atom is 0.311 e. The summed E-state index contributed by atoms with van der Waals surface area (Å²) in [5.41, 5.74) is 0.746. The molecule has 0 bridgehead atoms. The van der Waals surface area contributed by atoms with Crippen molar-refractivity contribution in [1.82, 2.24) is 0 Å². The molecule has 104 valence electrons. The number of carboxylic acid groups (broad SMARTS) is 1. The van der Waals surface area contributed by atoms with E-state index < -0.39 is 11.9 Å². The highest BCUT2D eigenvalue weighted by molar-refractivity contribution is 7.09. The van der Waals surface area contributed by atoms with Gasteiger partial charge in [-0.25, -0.2) is 0 Å². The average Bonchev–Trinajstić information content (AvgIpc) is 2.97. The van der Waals surface area contributed by atoms with Crippen molar-refractivity contribution in [3.8, 4) is 11.5 Å². The molecule has 1 atom stereocenters. The largest absolute Gasteiger partial charge is 0.486 e. The van der Waals surface area contributed by atoms with E-state index in [-0.39, 0.29) is 0 Å². The molecule has 0 fully saturated rings. The van der Waals surface area contributed by atoms with E-state index in [9.17, 15) is 9.90 Å². The van der Waals surface area contributed by atoms with Gasteiger partial charge in [-0.2, -0.15) is 0 Å². The second kappa shape index (κ2) is 5.54. The van der Waals surface area contributed by atoms with Crippen LogP contribution in [-0.2, 0) is 11.2 Å². The quantitative estimate of drug-likeness (QED) is 0.940. The van der Waals surface area contributed by atoms with Gasteiger partial charge >= 0.3 is 5.97 Å². The van der Waals surface area contributed by atoms with E-state index in [0.29, 0.717) is 31.1 Å². The molecule has 0 saturated heterocycles. The maximum absolute atomic E-state index is 11.5. The Labute approximate surface area is 120 Å². The first-order valence-electron chi connectivity index (χ1n) is 6.39. The van der Waals surface area contributed by atoms with Gasteiger partial charge in [0.1, 0.15) is 13.2 Å². The van der Waals surface area contributed by atoms with Crippen molar-refractivity contribution in [3.63, 3.8) is 0 Å². The van der Waals surface area contributed by atoms with Crippen LogP contribution in [0.1, 0.15) is 16.4 Å². The smallest absolute Gasteiger partial charge is 0.311 e. The van der Waals surface area contributed by atoms with Gasteiger partial charge in [0.25, 0.3) is 0 Å². The number of hydrogen-bond donors (Lipinski definition) is 1. The summed E-state index contributed by atoms with van der Waals surface area (Å²) in [5.74, 6) is -0.0778. The highest BCUT2D eigenvalue weighted by Crippen LogP contribution is 2.34. The standard InChI is InChI=1S/C15H14O4S/c16-15(17)12(9-11-2-1-7-20-11)10-3-4-13-14(8-10)19-6-5-18-13/h1-4,7-8,12H,5-6,9H2,(H,16,17). The fraction of sp³-hybridized carbons (Fsp3) is 0.267. The average molecular weight is 290 g/mol. The predicted molar refractivity (Wildman–Crippen MR) is 75.8 cm³/mol. The van der Waals surface area contributed by atoms with Crippen LogP contribution < -0.4 is 9.47 Å². The molecule has 20 heavy (non-hydrogen) atoms. The summed E-state index contributed by atoms with van der Waals surface area (Å²) >= 11 is 1.57. The van der Waals surface area contributed by atoms with E-state index in [1.54, 1.807) is 29.5 Å². The number of rotatable bonds is 4. The van der Waals surface area contributed by atoms with Crippen LogP contribution in [0.25, 0.3) is 0 Å². The van der Waals surface area contributed by atoms with Crippen LogP contribution in [0.5, 0.6) is 11.5 Å². The summed E-state index contributed by atoms with van der Waals surface area (Å²) in [4.78, 5) is 12.6. The van der Waals surface area contributed by atoms with Gasteiger partial charge in [-0.3, -0.25) is 4.79 Å². The molecule has 0 amide bonds. The molecule has 1 aliphatic rings. The summed E-state index contributed by atoms with van der Waals surface area (Å²) in [6, 6.07) is 9.26. The first-order valence-corrected chi connectivity index (χ1v) is 7.27. The molecule has 2 heterocycles. The summed E-state index contributed by atoms with van der Waals surface area (Å²) in [5, 5.41) is 11.4. The van der Waals surface area contributed by atoms with E-state index in [1.165, 1.54) is 0 Å². The fourth-order valence-electron chi connectivity index (χ4n) is 2.25. The molecule has 0 aliphatic carbocycles. The molecule has 1 aromatic carbocycles. The molecule has 1 N–H and O–H groups in total. The van der Waals surface area contributed by atoms with Gasteiger partial charge in [-0.05, 0) is 35.6 Å². The SMILES string of the molecule is O=C(O)C(Cc1cccs1)c1ccc2c(c1)OCCO2. The Morgan fingerprint density at radius 2 is 2.05 bits per heavy atom. The second-order valence-electron chi connectivity index (χ2n) is 4.58. The molecule has 0 spiro atoms. The van der Waals surface area contributed by atoms with Crippen molar-refractivity contribution in [2.24, 2.45) is 0 Å². The fourth-order valence-corrected chi connectivity index (χ4v) is 3.01. The van der Waals surface area contributed by atoms with Crippen molar-refractivity contribution in [2.75, 3.05) is 13.2 Å². The molecule has 3 rings (SSSR count). The number of hydrogen-bond acceptors (Lipinski definition) is 4. The Hall–Kier alpha value is -2.01. The normalized spacial score (nSPS) is 14.8. The Kier molecular flexibility index (Phi) is 3.60. The summed E-state index contributed by atoms with van der Waals surface area (Å²) in [6.45, 7) is 1.03. The Morgan fingerprint density at radius 1 is 1.25 bits per heavy atom. The summed E-state index contributed by atoms with van der Waals surface area (Å²) in [6.07, 6.45) is 0.493. The van der Waals surface area contributed by atoms with Crippen LogP contribution in [-0.4, -0.2) is 24.3 Å². The van der Waals surface area contributed by atoms with Crippen LogP contribution in [0.15, 0.2) is 35.7 Å². The van der Waals surface area contributed by atoms with Crippen molar-refractivity contribution >= 4 is 17.3 Å². The molecular formula is C15H14O4S. The third kappa shape index (κ3) is 2.63. The van der Waals surface area contributed by atoms with Crippen LogP contribution in [0, 0.1) is 0 Å². The number of thiophene rings is 1. The minimum absolute atomic E-state index is 0.493. The van der Waals surface area contributed by atoms with Crippen molar-refractivity contribution < 1.29 is 19.4 Å². The lowest BCUT2D eigenvalue weighted by Crippen LogP contribution is -2.17. The first kappa shape index (κ1) is 13.0. The van der Waals surface area contributed by atoms with E-state index in [4.69, 9.17) is 9.47 Å². The zero-order valence-corrected chi connectivity index (χ0v) is 11.6. The monoisotopic (exact) mass is 290 g/mol. The summed E-state index contributed by atoms with van der Waals surface area (Å²) in [7, 11) is 0. The van der Waals surface area contributed by atoms with Gasteiger partial charge in [0.05, 0.1) is 5.92 Å². The highest BCUT2D eigenvalue weighted by Gasteiger charge is 2.23. The van der Waals surface area contributed by atoms with Crippen molar-refractivity contribution in [3.05, 3.63) is 46.2 Å². The van der Waals surface area contributed by atoms with Crippen molar-refractivity contribution in [1.29, 1.82) is 0 Å². The van der Waals surface area contributed by atoms with Crippen molar-refractivity contribution in [2.45, 2.75) is 12.3 Å². The number of ether oxygens (including phenoxy) is 2. The Balaban J connectivity index is 1.89. The molecule has 1 unspecified atom stereocenters. The molecule has 4 nitrogen and oxygen atoms in total. The predicted octanol–water partition coefficient (Wildman–Crippen LogP) is 2.93. The van der Waals surface area contributed by atoms with Crippen LogP contribution in [0.3, 0.4) is 0 Å². The minimum atomic E-state index is -0.824. The molecule has 1 aromatic heterocycles. The molecule has 2 aromatic rings. The second-order valence-corrected chi connectivity index (χ2v) is 5.61. The van der Waals surface area contributed by atoms with E-state index in [2.05, 4.69) is 0 Å². The minimum Gasteiger partial charge on any atom is -0.486 e. The maximum atomic E-state index is 11.5. The van der Waals surface area contributed by atoms with Gasteiger partial charge < -0.3 is 14.6 Å². The Bertz CT molecular complexity index is 606. The number of fused-ring (bicyclic) bond motifs is 1. The number of carbonyl (C=O) groups is 1. The zero-order valence-electron chi connectivity index (χ0n) is 10.7.